The number of carboxylic acids is 1. The van der Waals surface area contributed by atoms with Crippen molar-refractivity contribution in [3.63, 3.8) is 0 Å². The summed E-state index contributed by atoms with van der Waals surface area (Å²) in [6, 6.07) is 16.4. The standard InChI is InChI=1S/C20H19NO2S/c1-2-14-7-9-15(10-8-14)13-16(11-12-19(22)23)20-21-17-5-3-4-6-18(17)24-20/h3-10,13H,2,11-12H2,1H3,(H,22,23)/b16-13+. The normalized spacial score (nSPS) is 11.8. The number of aryl methyl sites for hydroxylation is 1. The molecule has 2 aromatic carbocycles. The van der Waals surface area contributed by atoms with Gasteiger partial charge in [0, 0.05) is 6.42 Å². The van der Waals surface area contributed by atoms with Gasteiger partial charge >= 0.3 is 5.97 Å². The van der Waals surface area contributed by atoms with Gasteiger partial charge in [0.15, 0.2) is 0 Å². The van der Waals surface area contributed by atoms with Gasteiger partial charge in [0.25, 0.3) is 0 Å². The molecule has 1 heterocycles. The van der Waals surface area contributed by atoms with Crippen molar-refractivity contribution < 1.29 is 9.90 Å². The van der Waals surface area contributed by atoms with Crippen molar-refractivity contribution in [3.8, 4) is 0 Å². The molecule has 24 heavy (non-hydrogen) atoms. The van der Waals surface area contributed by atoms with Crippen LogP contribution in [0.5, 0.6) is 0 Å². The fourth-order valence-electron chi connectivity index (χ4n) is 2.54. The van der Waals surface area contributed by atoms with E-state index in [2.05, 4.69) is 42.2 Å². The van der Waals surface area contributed by atoms with Gasteiger partial charge in [-0.1, -0.05) is 43.3 Å². The van der Waals surface area contributed by atoms with Crippen molar-refractivity contribution >= 4 is 39.2 Å². The minimum atomic E-state index is -0.789. The summed E-state index contributed by atoms with van der Waals surface area (Å²) in [5.41, 5.74) is 4.30. The minimum Gasteiger partial charge on any atom is -0.481 e. The number of hydrogen-bond acceptors (Lipinski definition) is 3. The highest BCUT2D eigenvalue weighted by Gasteiger charge is 2.11. The number of nitrogens with zero attached hydrogens (tertiary/aromatic N) is 1. The lowest BCUT2D eigenvalue weighted by Gasteiger charge is -2.04. The van der Waals surface area contributed by atoms with Gasteiger partial charge in [0.05, 0.1) is 10.2 Å². The quantitative estimate of drug-likeness (QED) is 0.667. The van der Waals surface area contributed by atoms with Gasteiger partial charge < -0.3 is 5.11 Å². The zero-order valence-corrected chi connectivity index (χ0v) is 14.3. The summed E-state index contributed by atoms with van der Waals surface area (Å²) in [4.78, 5) is 15.7. The second-order valence-electron chi connectivity index (χ2n) is 5.65. The highest BCUT2D eigenvalue weighted by Crippen LogP contribution is 2.31. The van der Waals surface area contributed by atoms with Gasteiger partial charge in [-0.25, -0.2) is 4.98 Å². The van der Waals surface area contributed by atoms with Crippen molar-refractivity contribution in [2.24, 2.45) is 0 Å². The fourth-order valence-corrected chi connectivity index (χ4v) is 3.55. The molecule has 1 aromatic heterocycles. The summed E-state index contributed by atoms with van der Waals surface area (Å²) in [5, 5.41) is 9.94. The highest BCUT2D eigenvalue weighted by molar-refractivity contribution is 7.19. The van der Waals surface area contributed by atoms with Crippen molar-refractivity contribution in [2.75, 3.05) is 0 Å². The first-order valence-electron chi connectivity index (χ1n) is 8.03. The average molecular weight is 337 g/mol. The summed E-state index contributed by atoms with van der Waals surface area (Å²) in [6.07, 6.45) is 3.65. The molecule has 0 aliphatic rings. The first kappa shape index (κ1) is 16.4. The Labute approximate surface area is 145 Å². The molecule has 0 saturated carbocycles. The molecule has 4 heteroatoms. The van der Waals surface area contributed by atoms with Crippen LogP contribution in [0, 0.1) is 0 Å². The molecule has 0 atom stereocenters. The zero-order valence-electron chi connectivity index (χ0n) is 13.5. The van der Waals surface area contributed by atoms with Crippen LogP contribution >= 0.6 is 11.3 Å². The second-order valence-corrected chi connectivity index (χ2v) is 6.68. The van der Waals surface area contributed by atoms with E-state index in [9.17, 15) is 4.79 Å². The Bertz CT molecular complexity index is 845. The van der Waals surface area contributed by atoms with Crippen LogP contribution in [0.3, 0.4) is 0 Å². The molecule has 0 bridgehead atoms. The molecule has 3 aromatic rings. The summed E-state index contributed by atoms with van der Waals surface area (Å²) in [5.74, 6) is -0.789. The van der Waals surface area contributed by atoms with Crippen molar-refractivity contribution in [2.45, 2.75) is 26.2 Å². The van der Waals surface area contributed by atoms with Crippen LogP contribution in [0.25, 0.3) is 21.9 Å². The van der Waals surface area contributed by atoms with Crippen LogP contribution < -0.4 is 0 Å². The number of carbonyl (C=O) groups is 1. The van der Waals surface area contributed by atoms with Crippen molar-refractivity contribution in [1.29, 1.82) is 0 Å². The molecular weight excluding hydrogens is 318 g/mol. The third-order valence-electron chi connectivity index (χ3n) is 3.91. The van der Waals surface area contributed by atoms with Crippen LogP contribution in [0.1, 0.15) is 35.9 Å². The topological polar surface area (TPSA) is 50.2 Å². The number of aromatic nitrogens is 1. The van der Waals surface area contributed by atoms with E-state index >= 15 is 0 Å². The molecule has 122 valence electrons. The molecule has 3 rings (SSSR count). The van der Waals surface area contributed by atoms with Crippen molar-refractivity contribution in [1.82, 2.24) is 4.98 Å². The number of allylic oxidation sites excluding steroid dienone is 1. The van der Waals surface area contributed by atoms with E-state index in [1.807, 2.05) is 24.3 Å². The van der Waals surface area contributed by atoms with Gasteiger partial charge in [0.2, 0.25) is 0 Å². The minimum absolute atomic E-state index is 0.106. The summed E-state index contributed by atoms with van der Waals surface area (Å²) < 4.78 is 1.12. The number of rotatable bonds is 6. The van der Waals surface area contributed by atoms with Gasteiger partial charge in [-0.3, -0.25) is 4.79 Å². The van der Waals surface area contributed by atoms with Gasteiger partial charge in [-0.05, 0) is 47.8 Å². The Morgan fingerprint density at radius 3 is 2.54 bits per heavy atom. The highest BCUT2D eigenvalue weighted by atomic mass is 32.1. The molecule has 0 fully saturated rings. The number of carboxylic acid groups (broad SMARTS) is 1. The number of benzene rings is 2. The number of para-hydroxylation sites is 1. The van der Waals surface area contributed by atoms with Crippen LogP contribution in [0.2, 0.25) is 0 Å². The molecule has 3 nitrogen and oxygen atoms in total. The van der Waals surface area contributed by atoms with E-state index in [1.54, 1.807) is 11.3 Å². The average Bonchev–Trinajstić information content (AvgIpc) is 3.03. The van der Waals surface area contributed by atoms with Gasteiger partial charge in [-0.15, -0.1) is 11.3 Å². The molecule has 0 unspecified atom stereocenters. The number of fused-ring (bicyclic) bond motifs is 1. The number of thiazole rings is 1. The first-order chi connectivity index (χ1) is 11.7. The van der Waals surface area contributed by atoms with Gasteiger partial charge in [0.1, 0.15) is 5.01 Å². The van der Waals surface area contributed by atoms with Gasteiger partial charge in [-0.2, -0.15) is 0 Å². The summed E-state index contributed by atoms with van der Waals surface area (Å²) >= 11 is 1.61. The maximum absolute atomic E-state index is 11.0. The van der Waals surface area contributed by atoms with Crippen LogP contribution in [0.4, 0.5) is 0 Å². The molecule has 0 saturated heterocycles. The first-order valence-corrected chi connectivity index (χ1v) is 8.84. The van der Waals surface area contributed by atoms with Crippen LogP contribution in [0.15, 0.2) is 48.5 Å². The molecule has 0 amide bonds. The lowest BCUT2D eigenvalue weighted by Crippen LogP contribution is -1.95. The lowest BCUT2D eigenvalue weighted by molar-refractivity contribution is -0.136. The maximum Gasteiger partial charge on any atom is 0.303 e. The summed E-state index contributed by atoms with van der Waals surface area (Å²) in [6.45, 7) is 2.13. The number of aliphatic carboxylic acids is 1. The Hall–Kier alpha value is -2.46. The lowest BCUT2D eigenvalue weighted by atomic mass is 10.0. The van der Waals surface area contributed by atoms with E-state index < -0.39 is 5.97 Å². The summed E-state index contributed by atoms with van der Waals surface area (Å²) in [7, 11) is 0. The van der Waals surface area contributed by atoms with E-state index in [0.29, 0.717) is 6.42 Å². The molecule has 0 aliphatic heterocycles. The Balaban J connectivity index is 1.97. The monoisotopic (exact) mass is 337 g/mol. The SMILES string of the molecule is CCc1ccc(/C=C(\CCC(=O)O)c2nc3ccccc3s2)cc1. The van der Waals surface area contributed by atoms with E-state index in [0.717, 1.165) is 32.8 Å². The zero-order chi connectivity index (χ0) is 16.9. The third kappa shape index (κ3) is 3.89. The smallest absolute Gasteiger partial charge is 0.303 e. The third-order valence-corrected chi connectivity index (χ3v) is 5.02. The predicted molar refractivity (Wildman–Crippen MR) is 100 cm³/mol. The molecular formula is C20H19NO2S. The Morgan fingerprint density at radius 2 is 1.88 bits per heavy atom. The Kier molecular flexibility index (Phi) is 5.06. The van der Waals surface area contributed by atoms with E-state index in [4.69, 9.17) is 5.11 Å². The fraction of sp³-hybridized carbons (Fsp3) is 0.200. The molecule has 1 N–H and O–H groups in total. The second kappa shape index (κ2) is 7.41. The molecule has 0 spiro atoms. The largest absolute Gasteiger partial charge is 0.481 e. The molecule has 0 aliphatic carbocycles. The Morgan fingerprint density at radius 1 is 1.12 bits per heavy atom. The van der Waals surface area contributed by atoms with Crippen molar-refractivity contribution in [3.05, 3.63) is 64.7 Å². The van der Waals surface area contributed by atoms with Crippen LogP contribution in [-0.4, -0.2) is 16.1 Å². The van der Waals surface area contributed by atoms with E-state index in [1.165, 1.54) is 5.56 Å². The maximum atomic E-state index is 11.0. The van der Waals surface area contributed by atoms with E-state index in [-0.39, 0.29) is 6.42 Å². The molecule has 0 radical (unpaired) electrons. The predicted octanol–water partition coefficient (Wildman–Crippen LogP) is 5.26. The van der Waals surface area contributed by atoms with Crippen LogP contribution in [-0.2, 0) is 11.2 Å². The number of hydrogen-bond donors (Lipinski definition) is 1.